The molecule has 0 saturated carbocycles. The van der Waals surface area contributed by atoms with E-state index in [2.05, 4.69) is 5.32 Å². The molecule has 3 aliphatic heterocycles. The van der Waals surface area contributed by atoms with Gasteiger partial charge in [0.15, 0.2) is 5.79 Å². The number of amides is 1. The third-order valence-electron chi connectivity index (χ3n) is 5.60. The predicted molar refractivity (Wildman–Crippen MR) is 96.5 cm³/mol. The van der Waals surface area contributed by atoms with Crippen molar-refractivity contribution in [2.45, 2.75) is 55.9 Å². The summed E-state index contributed by atoms with van der Waals surface area (Å²) >= 11 is 0. The Morgan fingerprint density at radius 3 is 2.41 bits per heavy atom. The highest BCUT2D eigenvalue weighted by Gasteiger charge is 2.48. The molecule has 164 valence electrons. The first-order valence-electron chi connectivity index (χ1n) is 9.64. The molecule has 11 nitrogen and oxygen atoms in total. The number of aliphatic hydroxyl groups excluding tert-OH is 3. The van der Waals surface area contributed by atoms with Gasteiger partial charge in [0.05, 0.1) is 31.9 Å². The molecule has 0 unspecified atom stereocenters. The van der Waals surface area contributed by atoms with Crippen LogP contribution in [0, 0.1) is 0 Å². The monoisotopic (exact) mass is 416 g/mol. The Kier molecular flexibility index (Phi) is 6.76. The van der Waals surface area contributed by atoms with Crippen molar-refractivity contribution in [2.24, 2.45) is 0 Å². The van der Waals surface area contributed by atoms with E-state index in [1.54, 1.807) is 0 Å². The van der Waals surface area contributed by atoms with Gasteiger partial charge in [0.2, 0.25) is 11.7 Å². The standard InChI is InChI=1S/C18H28N2O9/c1-10(22)19-14-11(20-4-2-18(3-5-20)27-6-7-28-18)8-13(17(25)26)29-16(14)15(24)12(23)9-21/h8,11-12,14-16,21,23-24H,2-7,9H2,1H3,(H,19,22)(H,25,26)/t11-,12+,14+,15+,16+/m0/s1. The van der Waals surface area contributed by atoms with Crippen LogP contribution in [0.5, 0.6) is 0 Å². The second-order valence-corrected chi connectivity index (χ2v) is 7.52. The van der Waals surface area contributed by atoms with Gasteiger partial charge in [-0.25, -0.2) is 4.79 Å². The number of carboxylic acid groups (broad SMARTS) is 1. The van der Waals surface area contributed by atoms with Gasteiger partial charge < -0.3 is 40.0 Å². The predicted octanol–water partition coefficient (Wildman–Crippen LogP) is -2.22. The van der Waals surface area contributed by atoms with Gasteiger partial charge in [0.1, 0.15) is 18.3 Å². The van der Waals surface area contributed by atoms with Crippen LogP contribution in [0.4, 0.5) is 0 Å². The van der Waals surface area contributed by atoms with E-state index in [0.29, 0.717) is 39.1 Å². The molecule has 5 N–H and O–H groups in total. The molecule has 1 amide bonds. The highest BCUT2D eigenvalue weighted by atomic mass is 16.7. The maximum Gasteiger partial charge on any atom is 0.370 e. The number of piperidine rings is 1. The number of likely N-dealkylation sites (tertiary alicyclic amines) is 1. The molecule has 1 spiro atoms. The van der Waals surface area contributed by atoms with Crippen molar-refractivity contribution in [2.75, 3.05) is 32.9 Å². The highest BCUT2D eigenvalue weighted by molar-refractivity contribution is 5.84. The number of carboxylic acids is 1. The number of carbonyl (C=O) groups is 2. The van der Waals surface area contributed by atoms with E-state index in [9.17, 15) is 30.0 Å². The van der Waals surface area contributed by atoms with E-state index in [0.717, 1.165) is 0 Å². The van der Waals surface area contributed by atoms with Crippen LogP contribution in [-0.2, 0) is 23.8 Å². The summed E-state index contributed by atoms with van der Waals surface area (Å²) in [6.45, 7) is 2.63. The zero-order valence-corrected chi connectivity index (χ0v) is 16.2. The summed E-state index contributed by atoms with van der Waals surface area (Å²) in [5.74, 6) is -2.75. The largest absolute Gasteiger partial charge is 0.478 e. The molecule has 3 rings (SSSR count). The summed E-state index contributed by atoms with van der Waals surface area (Å²) in [6, 6.07) is -1.45. The average Bonchev–Trinajstić information content (AvgIpc) is 3.15. The van der Waals surface area contributed by atoms with Gasteiger partial charge in [-0.3, -0.25) is 9.69 Å². The lowest BCUT2D eigenvalue weighted by molar-refractivity contribution is -0.190. The van der Waals surface area contributed by atoms with Crippen molar-refractivity contribution in [3.63, 3.8) is 0 Å². The fourth-order valence-corrected chi connectivity index (χ4v) is 4.13. The van der Waals surface area contributed by atoms with Gasteiger partial charge in [-0.05, 0) is 6.08 Å². The average molecular weight is 416 g/mol. The first-order chi connectivity index (χ1) is 13.8. The number of hydrogen-bond acceptors (Lipinski definition) is 9. The van der Waals surface area contributed by atoms with E-state index < -0.39 is 54.7 Å². The second kappa shape index (κ2) is 8.94. The van der Waals surface area contributed by atoms with Crippen LogP contribution in [0.3, 0.4) is 0 Å². The van der Waals surface area contributed by atoms with Crippen LogP contribution in [0.25, 0.3) is 0 Å². The Labute approximate surface area is 167 Å². The van der Waals surface area contributed by atoms with Crippen LogP contribution in [0.2, 0.25) is 0 Å². The number of carbonyl (C=O) groups excluding carboxylic acids is 1. The number of aliphatic carboxylic acids is 1. The van der Waals surface area contributed by atoms with Crippen molar-refractivity contribution in [3.05, 3.63) is 11.8 Å². The maximum absolute atomic E-state index is 11.8. The fraction of sp³-hybridized carbons (Fsp3) is 0.778. The van der Waals surface area contributed by atoms with Gasteiger partial charge in [-0.2, -0.15) is 0 Å². The topological polar surface area (TPSA) is 158 Å². The number of nitrogens with one attached hydrogen (secondary N) is 1. The molecule has 0 aromatic carbocycles. The van der Waals surface area contributed by atoms with Gasteiger partial charge in [-0.15, -0.1) is 0 Å². The van der Waals surface area contributed by atoms with E-state index in [1.165, 1.54) is 13.0 Å². The molecule has 3 heterocycles. The van der Waals surface area contributed by atoms with Crippen LogP contribution in [0.15, 0.2) is 11.8 Å². The number of aliphatic hydroxyl groups is 3. The summed E-state index contributed by atoms with van der Waals surface area (Å²) in [5, 5.41) is 41.7. The van der Waals surface area contributed by atoms with E-state index in [-0.39, 0.29) is 5.76 Å². The Bertz CT molecular complexity index is 639. The number of nitrogens with zero attached hydrogens (tertiary/aromatic N) is 1. The fourth-order valence-electron chi connectivity index (χ4n) is 4.13. The van der Waals surface area contributed by atoms with Crippen molar-refractivity contribution in [3.8, 4) is 0 Å². The zero-order valence-electron chi connectivity index (χ0n) is 16.2. The minimum atomic E-state index is -1.61. The SMILES string of the molecule is CC(=O)N[C@H]1[C@H]([C@H](O)[C@H](O)CO)OC(C(=O)O)=C[C@@H]1N1CCC2(CC1)OCCO2. The Hall–Kier alpha value is -1.76. The van der Waals surface area contributed by atoms with Gasteiger partial charge in [0.25, 0.3) is 0 Å². The molecular formula is C18H28N2O9. The van der Waals surface area contributed by atoms with Gasteiger partial charge in [-0.1, -0.05) is 0 Å². The summed E-state index contributed by atoms with van der Waals surface area (Å²) in [5.41, 5.74) is 0. The van der Waals surface area contributed by atoms with Gasteiger partial charge >= 0.3 is 5.97 Å². The quantitative estimate of drug-likeness (QED) is 0.321. The van der Waals surface area contributed by atoms with E-state index >= 15 is 0 Å². The Morgan fingerprint density at radius 1 is 1.28 bits per heavy atom. The van der Waals surface area contributed by atoms with Gasteiger partial charge in [0, 0.05) is 32.9 Å². The number of rotatable bonds is 6. The summed E-state index contributed by atoms with van der Waals surface area (Å²) in [4.78, 5) is 25.4. The van der Waals surface area contributed by atoms with Crippen molar-refractivity contribution < 1.29 is 44.2 Å². The van der Waals surface area contributed by atoms with Crippen LogP contribution in [-0.4, -0.2) is 106 Å². The van der Waals surface area contributed by atoms with Crippen LogP contribution in [0.1, 0.15) is 19.8 Å². The molecule has 2 fully saturated rings. The lowest BCUT2D eigenvalue weighted by Gasteiger charge is -2.47. The highest BCUT2D eigenvalue weighted by Crippen LogP contribution is 2.34. The molecule has 2 saturated heterocycles. The smallest absolute Gasteiger partial charge is 0.370 e. The van der Waals surface area contributed by atoms with Crippen LogP contribution >= 0.6 is 0 Å². The molecule has 3 aliphatic rings. The summed E-state index contributed by atoms with van der Waals surface area (Å²) in [6.07, 6.45) is -1.90. The summed E-state index contributed by atoms with van der Waals surface area (Å²) in [7, 11) is 0. The molecule has 5 atom stereocenters. The normalized spacial score (nSPS) is 31.6. The minimum Gasteiger partial charge on any atom is -0.478 e. The minimum absolute atomic E-state index is 0.389. The molecule has 0 aromatic heterocycles. The molecule has 11 heteroatoms. The molecule has 0 aromatic rings. The second-order valence-electron chi connectivity index (χ2n) is 7.52. The van der Waals surface area contributed by atoms with Crippen molar-refractivity contribution in [1.82, 2.24) is 10.2 Å². The molecule has 0 bridgehead atoms. The third-order valence-corrected chi connectivity index (χ3v) is 5.60. The van der Waals surface area contributed by atoms with E-state index in [1.807, 2.05) is 4.90 Å². The first-order valence-corrected chi connectivity index (χ1v) is 9.64. The molecule has 0 aliphatic carbocycles. The molecule has 0 radical (unpaired) electrons. The number of hydrogen-bond donors (Lipinski definition) is 5. The summed E-state index contributed by atoms with van der Waals surface area (Å²) < 4.78 is 16.8. The van der Waals surface area contributed by atoms with E-state index in [4.69, 9.17) is 14.2 Å². The Balaban J connectivity index is 1.86. The maximum atomic E-state index is 11.8. The zero-order chi connectivity index (χ0) is 21.2. The Morgan fingerprint density at radius 2 is 1.90 bits per heavy atom. The molecular weight excluding hydrogens is 388 g/mol. The third kappa shape index (κ3) is 4.71. The van der Waals surface area contributed by atoms with Crippen molar-refractivity contribution in [1.29, 1.82) is 0 Å². The van der Waals surface area contributed by atoms with Crippen LogP contribution < -0.4 is 5.32 Å². The lowest BCUT2D eigenvalue weighted by Crippen LogP contribution is -2.65. The number of ether oxygens (including phenoxy) is 3. The lowest BCUT2D eigenvalue weighted by atomic mass is 9.89. The van der Waals surface area contributed by atoms with Crippen molar-refractivity contribution >= 4 is 11.9 Å². The molecule has 29 heavy (non-hydrogen) atoms. The first kappa shape index (κ1) is 21.9.